The normalized spacial score (nSPS) is 26.3. The predicted molar refractivity (Wildman–Crippen MR) is 87.0 cm³/mol. The van der Waals surface area contributed by atoms with Crippen LogP contribution in [0.25, 0.3) is 0 Å². The predicted octanol–water partition coefficient (Wildman–Crippen LogP) is 4.01. The van der Waals surface area contributed by atoms with Crippen molar-refractivity contribution in [2.45, 2.75) is 58.0 Å². The topological polar surface area (TPSA) is 44.8 Å². The van der Waals surface area contributed by atoms with Gasteiger partial charge in [0.1, 0.15) is 11.3 Å². The maximum absolute atomic E-state index is 12.1. The van der Waals surface area contributed by atoms with E-state index in [1.165, 1.54) is 5.56 Å². The number of ether oxygens (including phenoxy) is 3. The molecule has 5 heteroatoms. The second-order valence-electron chi connectivity index (χ2n) is 6.50. The summed E-state index contributed by atoms with van der Waals surface area (Å²) in [6.45, 7) is 5.36. The molecule has 0 bridgehead atoms. The molecule has 0 amide bonds. The van der Waals surface area contributed by atoms with Gasteiger partial charge in [0.05, 0.1) is 12.2 Å². The minimum Gasteiger partial charge on any atom is -0.456 e. The van der Waals surface area contributed by atoms with Crippen LogP contribution in [0.5, 0.6) is 0 Å². The average molecular weight is 337 g/mol. The molecule has 2 aliphatic rings. The molecule has 0 aliphatic carbocycles. The molecule has 0 radical (unpaired) electrons. The van der Waals surface area contributed by atoms with Gasteiger partial charge >= 0.3 is 5.97 Å². The summed E-state index contributed by atoms with van der Waals surface area (Å²) in [6, 6.07) is 7.84. The number of rotatable bonds is 3. The summed E-state index contributed by atoms with van der Waals surface area (Å²) in [7, 11) is 0. The molecule has 0 saturated heterocycles. The summed E-state index contributed by atoms with van der Waals surface area (Å²) >= 11 is 6.02. The fourth-order valence-corrected chi connectivity index (χ4v) is 3.32. The Morgan fingerprint density at radius 3 is 2.83 bits per heavy atom. The second-order valence-corrected chi connectivity index (χ2v) is 6.94. The molecule has 2 heterocycles. The van der Waals surface area contributed by atoms with Gasteiger partial charge in [-0.2, -0.15) is 0 Å². The molecule has 0 fully saturated rings. The number of cyclic esters (lactones) is 1. The maximum atomic E-state index is 12.1. The highest BCUT2D eigenvalue weighted by Crippen LogP contribution is 2.36. The molecule has 0 unspecified atom stereocenters. The van der Waals surface area contributed by atoms with Gasteiger partial charge in [-0.05, 0) is 37.5 Å². The van der Waals surface area contributed by atoms with Crippen LogP contribution in [0.15, 0.2) is 35.6 Å². The van der Waals surface area contributed by atoms with Crippen molar-refractivity contribution in [1.82, 2.24) is 0 Å². The van der Waals surface area contributed by atoms with Crippen LogP contribution in [-0.2, 0) is 25.4 Å². The average Bonchev–Trinajstić information content (AvgIpc) is 2.43. The quantitative estimate of drug-likeness (QED) is 0.782. The Kier molecular flexibility index (Phi) is 4.39. The molecule has 4 nitrogen and oxygen atoms in total. The van der Waals surface area contributed by atoms with Crippen molar-refractivity contribution >= 4 is 17.6 Å². The molecular weight excluding hydrogens is 316 g/mol. The number of aryl methyl sites for hydroxylation is 1. The Hall–Kier alpha value is -1.52. The molecule has 0 aromatic heterocycles. The number of benzene rings is 1. The summed E-state index contributed by atoms with van der Waals surface area (Å²) in [4.78, 5) is 12.1. The van der Waals surface area contributed by atoms with Crippen molar-refractivity contribution in [2.24, 2.45) is 0 Å². The zero-order valence-corrected chi connectivity index (χ0v) is 14.4. The fraction of sp³-hybridized carbons (Fsp3) is 0.500. The summed E-state index contributed by atoms with van der Waals surface area (Å²) in [6.07, 6.45) is 2.02. The van der Waals surface area contributed by atoms with Gasteiger partial charge in [0, 0.05) is 25.3 Å². The Labute approximate surface area is 141 Å². The third kappa shape index (κ3) is 3.70. The largest absolute Gasteiger partial charge is 0.456 e. The number of esters is 1. The highest BCUT2D eigenvalue weighted by atomic mass is 35.5. The molecule has 1 aromatic rings. The first-order valence-corrected chi connectivity index (χ1v) is 8.27. The van der Waals surface area contributed by atoms with E-state index in [1.807, 2.05) is 25.1 Å². The van der Waals surface area contributed by atoms with Gasteiger partial charge in [0.15, 0.2) is 0 Å². The van der Waals surface area contributed by atoms with Crippen LogP contribution in [-0.4, -0.2) is 24.0 Å². The Balaban J connectivity index is 1.69. The van der Waals surface area contributed by atoms with Crippen LogP contribution >= 0.6 is 11.6 Å². The number of carbonyl (C=O) groups is 1. The SMILES string of the molecule is C[C@@H]1O[C@H](CCc2cccc(Cl)c2)CC2=C1C(=O)OC(C)(C)O2. The van der Waals surface area contributed by atoms with Crippen LogP contribution in [0.1, 0.15) is 39.2 Å². The van der Waals surface area contributed by atoms with E-state index in [0.29, 0.717) is 17.8 Å². The summed E-state index contributed by atoms with van der Waals surface area (Å²) in [5.74, 6) is -0.539. The van der Waals surface area contributed by atoms with Gasteiger partial charge in [-0.1, -0.05) is 23.7 Å². The molecule has 23 heavy (non-hydrogen) atoms. The van der Waals surface area contributed by atoms with E-state index in [2.05, 4.69) is 6.07 Å². The molecule has 0 saturated carbocycles. The first-order valence-electron chi connectivity index (χ1n) is 7.89. The number of hydrogen-bond acceptors (Lipinski definition) is 4. The number of halogens is 1. The minimum atomic E-state index is -0.912. The fourth-order valence-electron chi connectivity index (χ4n) is 3.11. The molecule has 0 spiro atoms. The zero-order valence-electron chi connectivity index (χ0n) is 13.6. The standard InChI is InChI=1S/C18H21ClO4/c1-11-16-15(22-18(2,3)23-17(16)20)10-14(21-11)8-7-12-5-4-6-13(19)9-12/h4-6,9,11,14H,7-8,10H2,1-3H3/t11-,14+/m0/s1. The highest BCUT2D eigenvalue weighted by Gasteiger charge is 2.42. The summed E-state index contributed by atoms with van der Waals surface area (Å²) < 4.78 is 17.1. The van der Waals surface area contributed by atoms with E-state index >= 15 is 0 Å². The van der Waals surface area contributed by atoms with E-state index < -0.39 is 5.79 Å². The summed E-state index contributed by atoms with van der Waals surface area (Å²) in [5, 5.41) is 0.741. The second kappa shape index (κ2) is 6.17. The van der Waals surface area contributed by atoms with E-state index in [-0.39, 0.29) is 18.2 Å². The van der Waals surface area contributed by atoms with Gasteiger partial charge < -0.3 is 14.2 Å². The van der Waals surface area contributed by atoms with Crippen molar-refractivity contribution in [3.8, 4) is 0 Å². The van der Waals surface area contributed by atoms with Gasteiger partial charge in [-0.25, -0.2) is 4.79 Å². The first kappa shape index (κ1) is 16.3. The molecule has 2 aliphatic heterocycles. The van der Waals surface area contributed by atoms with E-state index in [1.54, 1.807) is 13.8 Å². The Morgan fingerprint density at radius 2 is 2.09 bits per heavy atom. The smallest absolute Gasteiger partial charge is 0.343 e. The van der Waals surface area contributed by atoms with Gasteiger partial charge in [0.25, 0.3) is 0 Å². The maximum Gasteiger partial charge on any atom is 0.343 e. The van der Waals surface area contributed by atoms with Gasteiger partial charge in [-0.15, -0.1) is 0 Å². The van der Waals surface area contributed by atoms with Crippen LogP contribution < -0.4 is 0 Å². The lowest BCUT2D eigenvalue weighted by Crippen LogP contribution is -2.43. The van der Waals surface area contributed by atoms with Gasteiger partial charge in [-0.3, -0.25) is 0 Å². The van der Waals surface area contributed by atoms with Crippen molar-refractivity contribution in [3.63, 3.8) is 0 Å². The van der Waals surface area contributed by atoms with Crippen LogP contribution in [0, 0.1) is 0 Å². The van der Waals surface area contributed by atoms with Crippen molar-refractivity contribution in [3.05, 3.63) is 46.2 Å². The summed E-state index contributed by atoms with van der Waals surface area (Å²) in [5.41, 5.74) is 1.70. The van der Waals surface area contributed by atoms with E-state index in [4.69, 9.17) is 25.8 Å². The molecule has 2 atom stereocenters. The molecule has 0 N–H and O–H groups in total. The van der Waals surface area contributed by atoms with Crippen molar-refractivity contribution in [1.29, 1.82) is 0 Å². The Morgan fingerprint density at radius 1 is 1.30 bits per heavy atom. The zero-order chi connectivity index (χ0) is 16.6. The monoisotopic (exact) mass is 336 g/mol. The molecular formula is C18H21ClO4. The van der Waals surface area contributed by atoms with E-state index in [9.17, 15) is 4.79 Å². The van der Waals surface area contributed by atoms with Crippen molar-refractivity contribution < 1.29 is 19.0 Å². The lowest BCUT2D eigenvalue weighted by Gasteiger charge is -2.39. The number of carbonyl (C=O) groups excluding carboxylic acids is 1. The van der Waals surface area contributed by atoms with E-state index in [0.717, 1.165) is 17.9 Å². The minimum absolute atomic E-state index is 0.0180. The van der Waals surface area contributed by atoms with Crippen LogP contribution in [0.4, 0.5) is 0 Å². The Bertz CT molecular complexity index is 650. The molecule has 3 rings (SSSR count). The number of hydrogen-bond donors (Lipinski definition) is 0. The third-order valence-electron chi connectivity index (χ3n) is 4.09. The van der Waals surface area contributed by atoms with Crippen LogP contribution in [0.2, 0.25) is 5.02 Å². The van der Waals surface area contributed by atoms with Crippen LogP contribution in [0.3, 0.4) is 0 Å². The third-order valence-corrected chi connectivity index (χ3v) is 4.32. The molecule has 1 aromatic carbocycles. The van der Waals surface area contributed by atoms with Crippen molar-refractivity contribution in [2.75, 3.05) is 0 Å². The highest BCUT2D eigenvalue weighted by molar-refractivity contribution is 6.30. The van der Waals surface area contributed by atoms with Gasteiger partial charge in [0.2, 0.25) is 5.79 Å². The first-order chi connectivity index (χ1) is 10.8. The lowest BCUT2D eigenvalue weighted by molar-refractivity contribution is -0.216. The molecule has 124 valence electrons. The lowest BCUT2D eigenvalue weighted by atomic mass is 9.96.